The smallest absolute Gasteiger partial charge is 0.416 e. The van der Waals surface area contributed by atoms with Gasteiger partial charge in [-0.3, -0.25) is 9.59 Å². The quantitative estimate of drug-likeness (QED) is 0.136. The summed E-state index contributed by atoms with van der Waals surface area (Å²) < 4.78 is 44.8. The Balaban J connectivity index is 1.29. The first-order chi connectivity index (χ1) is 22.5. The van der Waals surface area contributed by atoms with Crippen LogP contribution in [0.2, 0.25) is 0 Å². The number of alkyl halides is 3. The van der Waals surface area contributed by atoms with Crippen LogP contribution in [-0.2, 0) is 21.1 Å². The first-order valence-corrected chi connectivity index (χ1v) is 16.7. The summed E-state index contributed by atoms with van der Waals surface area (Å²) in [7, 11) is 4.01. The summed E-state index contributed by atoms with van der Waals surface area (Å²) in [5.74, 6) is -0.367. The standard InChI is InChI=1S/C38H48F3N3O3/c1-4-37(30-12-6-5-7-13-30,28-35(45)47-27-11-23-43(2)3)22-10-24-44-25-20-32(21-26-44)42-36(46)34-15-9-8-14-33(34)29-16-18-31(19-17-29)38(39,40)41/h5-9,12-19,32H,4,10-11,20-28H2,1-3H3,(H,42,46). The largest absolute Gasteiger partial charge is 0.466 e. The Morgan fingerprint density at radius 2 is 1.55 bits per heavy atom. The van der Waals surface area contributed by atoms with Gasteiger partial charge in [-0.25, -0.2) is 0 Å². The minimum Gasteiger partial charge on any atom is -0.466 e. The summed E-state index contributed by atoms with van der Waals surface area (Å²) in [5, 5.41) is 3.16. The highest BCUT2D eigenvalue weighted by Gasteiger charge is 2.34. The third-order valence-electron chi connectivity index (χ3n) is 9.31. The lowest BCUT2D eigenvalue weighted by molar-refractivity contribution is -0.145. The fourth-order valence-corrected chi connectivity index (χ4v) is 6.50. The Morgan fingerprint density at radius 1 is 0.894 bits per heavy atom. The number of halogens is 3. The highest BCUT2D eigenvalue weighted by atomic mass is 19.4. The summed E-state index contributed by atoms with van der Waals surface area (Å²) in [6.07, 6.45) is 1.03. The van der Waals surface area contributed by atoms with Gasteiger partial charge in [0.05, 0.1) is 18.6 Å². The first-order valence-electron chi connectivity index (χ1n) is 16.7. The number of nitrogens with one attached hydrogen (secondary N) is 1. The van der Waals surface area contributed by atoms with Gasteiger partial charge in [0.1, 0.15) is 0 Å². The molecule has 1 heterocycles. The van der Waals surface area contributed by atoms with E-state index in [0.717, 1.165) is 76.8 Å². The van der Waals surface area contributed by atoms with E-state index in [2.05, 4.69) is 34.2 Å². The Labute approximate surface area is 277 Å². The van der Waals surface area contributed by atoms with Crippen LogP contribution in [0.5, 0.6) is 0 Å². The molecule has 9 heteroatoms. The second kappa shape index (κ2) is 16.9. The number of nitrogens with zero attached hydrogens (tertiary/aromatic N) is 2. The number of rotatable bonds is 15. The lowest BCUT2D eigenvalue weighted by Crippen LogP contribution is -2.45. The Hall–Kier alpha value is -3.69. The van der Waals surface area contributed by atoms with Crippen LogP contribution in [0.25, 0.3) is 11.1 Å². The molecule has 0 radical (unpaired) electrons. The normalized spacial score (nSPS) is 15.7. The van der Waals surface area contributed by atoms with Gasteiger partial charge >= 0.3 is 12.1 Å². The third kappa shape index (κ3) is 10.4. The van der Waals surface area contributed by atoms with Gasteiger partial charge in [-0.15, -0.1) is 0 Å². The lowest BCUT2D eigenvalue weighted by Gasteiger charge is -2.35. The zero-order valence-electron chi connectivity index (χ0n) is 27.8. The van der Waals surface area contributed by atoms with Crippen molar-refractivity contribution in [1.82, 2.24) is 15.1 Å². The molecule has 254 valence electrons. The molecular weight excluding hydrogens is 603 g/mol. The molecule has 1 aliphatic heterocycles. The minimum atomic E-state index is -4.41. The second-order valence-electron chi connectivity index (χ2n) is 12.9. The molecule has 1 amide bonds. The predicted octanol–water partition coefficient (Wildman–Crippen LogP) is 7.58. The molecule has 1 atom stereocenters. The number of hydrogen-bond acceptors (Lipinski definition) is 5. The van der Waals surface area contributed by atoms with Crippen molar-refractivity contribution in [2.24, 2.45) is 0 Å². The van der Waals surface area contributed by atoms with Crippen molar-refractivity contribution in [2.75, 3.05) is 46.9 Å². The monoisotopic (exact) mass is 651 g/mol. The lowest BCUT2D eigenvalue weighted by atomic mass is 9.72. The van der Waals surface area contributed by atoms with E-state index in [1.807, 2.05) is 32.3 Å². The van der Waals surface area contributed by atoms with E-state index in [0.29, 0.717) is 29.7 Å². The van der Waals surface area contributed by atoms with Crippen molar-refractivity contribution in [3.05, 3.63) is 95.6 Å². The zero-order valence-corrected chi connectivity index (χ0v) is 27.8. The van der Waals surface area contributed by atoms with Gasteiger partial charge in [0.2, 0.25) is 0 Å². The van der Waals surface area contributed by atoms with E-state index in [1.165, 1.54) is 17.7 Å². The van der Waals surface area contributed by atoms with E-state index in [-0.39, 0.29) is 23.3 Å². The molecule has 6 nitrogen and oxygen atoms in total. The summed E-state index contributed by atoms with van der Waals surface area (Å²) in [6, 6.07) is 22.2. The maximum atomic E-state index is 13.3. The Morgan fingerprint density at radius 3 is 2.19 bits per heavy atom. The summed E-state index contributed by atoms with van der Waals surface area (Å²) >= 11 is 0. The maximum absolute atomic E-state index is 13.3. The number of esters is 1. The molecule has 1 unspecified atom stereocenters. The molecule has 0 aromatic heterocycles. The molecular formula is C38H48F3N3O3. The van der Waals surface area contributed by atoms with Crippen LogP contribution in [0.3, 0.4) is 0 Å². The molecule has 3 aromatic rings. The number of amides is 1. The molecule has 0 saturated carbocycles. The van der Waals surface area contributed by atoms with Crippen molar-refractivity contribution in [3.8, 4) is 11.1 Å². The van der Waals surface area contributed by atoms with Crippen molar-refractivity contribution in [2.45, 2.75) is 69.5 Å². The van der Waals surface area contributed by atoms with Gasteiger partial charge in [0.25, 0.3) is 5.91 Å². The van der Waals surface area contributed by atoms with Crippen molar-refractivity contribution in [1.29, 1.82) is 0 Å². The average Bonchev–Trinajstić information content (AvgIpc) is 3.07. The van der Waals surface area contributed by atoms with Gasteiger partial charge < -0.3 is 19.9 Å². The molecule has 1 aliphatic rings. The minimum absolute atomic E-state index is 0.0146. The number of hydrogen-bond donors (Lipinski definition) is 1. The molecule has 1 saturated heterocycles. The van der Waals surface area contributed by atoms with Gasteiger partial charge in [-0.2, -0.15) is 13.2 Å². The number of benzene rings is 3. The molecule has 0 bridgehead atoms. The number of carbonyl (C=O) groups excluding carboxylic acids is 2. The van der Waals surface area contributed by atoms with Crippen molar-refractivity contribution >= 4 is 11.9 Å². The number of carbonyl (C=O) groups is 2. The second-order valence-corrected chi connectivity index (χ2v) is 12.9. The fourth-order valence-electron chi connectivity index (χ4n) is 6.50. The molecule has 3 aromatic carbocycles. The molecule has 0 aliphatic carbocycles. The van der Waals surface area contributed by atoms with E-state index < -0.39 is 11.7 Å². The number of ether oxygens (including phenoxy) is 1. The van der Waals surface area contributed by atoms with Crippen LogP contribution in [0.4, 0.5) is 13.2 Å². The van der Waals surface area contributed by atoms with Crippen LogP contribution in [-0.4, -0.2) is 74.6 Å². The first kappa shape index (κ1) is 36.2. The topological polar surface area (TPSA) is 61.9 Å². The van der Waals surface area contributed by atoms with E-state index in [4.69, 9.17) is 4.74 Å². The van der Waals surface area contributed by atoms with E-state index in [1.54, 1.807) is 24.3 Å². The molecule has 1 N–H and O–H groups in total. The van der Waals surface area contributed by atoms with Crippen LogP contribution in [0.15, 0.2) is 78.9 Å². The van der Waals surface area contributed by atoms with Gasteiger partial charge in [0.15, 0.2) is 0 Å². The summed E-state index contributed by atoms with van der Waals surface area (Å²) in [4.78, 5) is 30.8. The van der Waals surface area contributed by atoms with Crippen LogP contribution in [0, 0.1) is 0 Å². The molecule has 0 spiro atoms. The summed E-state index contributed by atoms with van der Waals surface area (Å²) in [6.45, 7) is 6.06. The zero-order chi connectivity index (χ0) is 33.9. The highest BCUT2D eigenvalue weighted by molar-refractivity contribution is 6.01. The fraction of sp³-hybridized carbons (Fsp3) is 0.474. The van der Waals surface area contributed by atoms with E-state index in [9.17, 15) is 22.8 Å². The van der Waals surface area contributed by atoms with E-state index >= 15 is 0 Å². The third-order valence-corrected chi connectivity index (χ3v) is 9.31. The number of piperidine rings is 1. The maximum Gasteiger partial charge on any atom is 0.416 e. The Kier molecular flexibility index (Phi) is 13.0. The average molecular weight is 652 g/mol. The molecule has 47 heavy (non-hydrogen) atoms. The highest BCUT2D eigenvalue weighted by Crippen LogP contribution is 2.37. The molecule has 1 fully saturated rings. The SMILES string of the molecule is CCC(CCCN1CCC(NC(=O)c2ccccc2-c2ccc(C(F)(F)F)cc2)CC1)(CC(=O)OCCCN(C)C)c1ccccc1. The summed E-state index contributed by atoms with van der Waals surface area (Å²) in [5.41, 5.74) is 1.78. The van der Waals surface area contributed by atoms with Gasteiger partial charge in [-0.05, 0) is 94.1 Å². The van der Waals surface area contributed by atoms with Crippen molar-refractivity contribution < 1.29 is 27.5 Å². The Bertz CT molecular complexity index is 1420. The van der Waals surface area contributed by atoms with Crippen LogP contribution in [0.1, 0.15) is 73.4 Å². The number of likely N-dealkylation sites (tertiary alicyclic amines) is 1. The van der Waals surface area contributed by atoms with Crippen molar-refractivity contribution in [3.63, 3.8) is 0 Å². The van der Waals surface area contributed by atoms with Crippen LogP contribution < -0.4 is 5.32 Å². The van der Waals surface area contributed by atoms with Crippen LogP contribution >= 0.6 is 0 Å². The molecule has 4 rings (SSSR count). The van der Waals surface area contributed by atoms with Gasteiger partial charge in [-0.1, -0.05) is 67.6 Å². The predicted molar refractivity (Wildman–Crippen MR) is 180 cm³/mol. The van der Waals surface area contributed by atoms with Gasteiger partial charge in [0, 0.05) is 36.7 Å².